The maximum Gasteiger partial charge on any atom is 0.342 e. The predicted molar refractivity (Wildman–Crippen MR) is 120 cm³/mol. The van der Waals surface area contributed by atoms with E-state index in [1.165, 1.54) is 6.21 Å². The number of carbonyl (C=O) groups excluding carboxylic acids is 1. The van der Waals surface area contributed by atoms with Crippen molar-refractivity contribution in [2.24, 2.45) is 5.10 Å². The fourth-order valence-electron chi connectivity index (χ4n) is 2.51. The Morgan fingerprint density at radius 1 is 1.16 bits per heavy atom. The molecule has 3 aromatic rings. The Hall–Kier alpha value is -3.86. The van der Waals surface area contributed by atoms with Gasteiger partial charge in [-0.1, -0.05) is 42.1 Å². The molecule has 11 heteroatoms. The number of rotatable bonds is 10. The monoisotopic (exact) mass is 455 g/mol. The second kappa shape index (κ2) is 11.5. The zero-order chi connectivity index (χ0) is 22.8. The Balaban J connectivity index is 1.56. The Bertz CT molecular complexity index is 1190. The van der Waals surface area contributed by atoms with Crippen molar-refractivity contribution in [2.45, 2.75) is 18.6 Å². The SMILES string of the molecule is CCOc1cc(/C=N/NC(=O)CSc2n[nH]c(=O)[nH]c2=O)ccc1OCc1ccccc1. The Labute approximate surface area is 187 Å². The van der Waals surface area contributed by atoms with E-state index in [4.69, 9.17) is 9.47 Å². The molecule has 0 aliphatic carbocycles. The first-order valence-corrected chi connectivity index (χ1v) is 10.6. The summed E-state index contributed by atoms with van der Waals surface area (Å²) in [6.45, 7) is 2.76. The highest BCUT2D eigenvalue weighted by Crippen LogP contribution is 2.28. The summed E-state index contributed by atoms with van der Waals surface area (Å²) in [7, 11) is 0. The van der Waals surface area contributed by atoms with Crippen LogP contribution in [0.2, 0.25) is 0 Å². The Morgan fingerprint density at radius 2 is 1.97 bits per heavy atom. The maximum absolute atomic E-state index is 11.9. The quantitative estimate of drug-likeness (QED) is 0.240. The maximum atomic E-state index is 11.9. The van der Waals surface area contributed by atoms with Crippen molar-refractivity contribution in [1.82, 2.24) is 20.6 Å². The first-order chi connectivity index (χ1) is 15.5. The summed E-state index contributed by atoms with van der Waals surface area (Å²) in [5.41, 5.74) is 2.74. The summed E-state index contributed by atoms with van der Waals surface area (Å²) in [5, 5.41) is 9.59. The van der Waals surface area contributed by atoms with Gasteiger partial charge in [0.15, 0.2) is 16.5 Å². The molecule has 3 N–H and O–H groups in total. The molecule has 0 aliphatic heterocycles. The molecule has 0 bridgehead atoms. The smallest absolute Gasteiger partial charge is 0.342 e. The van der Waals surface area contributed by atoms with Gasteiger partial charge in [0.2, 0.25) is 5.91 Å². The number of hydrazone groups is 1. The van der Waals surface area contributed by atoms with Gasteiger partial charge in [0.05, 0.1) is 18.6 Å². The molecule has 0 saturated carbocycles. The number of nitrogens with one attached hydrogen (secondary N) is 3. The zero-order valence-corrected chi connectivity index (χ0v) is 18.0. The number of amides is 1. The van der Waals surface area contributed by atoms with Crippen molar-refractivity contribution in [3.8, 4) is 11.5 Å². The Kier molecular flexibility index (Phi) is 8.21. The minimum Gasteiger partial charge on any atom is -0.490 e. The number of ether oxygens (including phenoxy) is 2. The van der Waals surface area contributed by atoms with E-state index in [9.17, 15) is 14.4 Å². The molecule has 2 aromatic carbocycles. The second-order valence-corrected chi connectivity index (χ2v) is 7.27. The van der Waals surface area contributed by atoms with E-state index in [1.54, 1.807) is 18.2 Å². The third-order valence-electron chi connectivity index (χ3n) is 3.93. The highest BCUT2D eigenvalue weighted by Gasteiger charge is 2.08. The molecule has 0 unspecified atom stereocenters. The molecule has 0 atom stereocenters. The average molecular weight is 455 g/mol. The second-order valence-electron chi connectivity index (χ2n) is 6.31. The minimum absolute atomic E-state index is 0.0174. The summed E-state index contributed by atoms with van der Waals surface area (Å²) in [5.74, 6) is 0.631. The number of H-pyrrole nitrogens is 2. The number of hydrogen-bond acceptors (Lipinski definition) is 8. The van der Waals surface area contributed by atoms with Crippen molar-refractivity contribution in [3.05, 3.63) is 80.5 Å². The largest absolute Gasteiger partial charge is 0.490 e. The molecule has 0 radical (unpaired) electrons. The molecule has 1 amide bonds. The van der Waals surface area contributed by atoms with E-state index in [0.29, 0.717) is 30.3 Å². The lowest BCUT2D eigenvalue weighted by atomic mass is 10.2. The van der Waals surface area contributed by atoms with Crippen LogP contribution < -0.4 is 26.1 Å². The summed E-state index contributed by atoms with van der Waals surface area (Å²) in [4.78, 5) is 36.5. The number of nitrogens with zero attached hydrogens (tertiary/aromatic N) is 2. The van der Waals surface area contributed by atoms with Crippen LogP contribution in [0, 0.1) is 0 Å². The average Bonchev–Trinajstić information content (AvgIpc) is 2.79. The first kappa shape index (κ1) is 22.8. The molecular formula is C21H21N5O5S. The molecule has 0 saturated heterocycles. The number of aromatic amines is 2. The van der Waals surface area contributed by atoms with Crippen LogP contribution >= 0.6 is 11.8 Å². The van der Waals surface area contributed by atoms with Gasteiger partial charge in [0, 0.05) is 0 Å². The van der Waals surface area contributed by atoms with Crippen LogP contribution in [0.25, 0.3) is 0 Å². The van der Waals surface area contributed by atoms with E-state index in [0.717, 1.165) is 17.3 Å². The van der Waals surface area contributed by atoms with Crippen molar-refractivity contribution in [1.29, 1.82) is 0 Å². The highest BCUT2D eigenvalue weighted by atomic mass is 32.2. The first-order valence-electron chi connectivity index (χ1n) is 9.62. The predicted octanol–water partition coefficient (Wildman–Crippen LogP) is 1.68. The number of hydrogen-bond donors (Lipinski definition) is 3. The Morgan fingerprint density at radius 3 is 2.72 bits per heavy atom. The van der Waals surface area contributed by atoms with Gasteiger partial charge in [-0.25, -0.2) is 15.3 Å². The summed E-state index contributed by atoms with van der Waals surface area (Å²) >= 11 is 0.877. The van der Waals surface area contributed by atoms with Crippen LogP contribution in [0.15, 0.2) is 68.2 Å². The van der Waals surface area contributed by atoms with E-state index >= 15 is 0 Å². The van der Waals surface area contributed by atoms with Gasteiger partial charge >= 0.3 is 5.69 Å². The van der Waals surface area contributed by atoms with Gasteiger partial charge in [-0.2, -0.15) is 10.2 Å². The van der Waals surface area contributed by atoms with Gasteiger partial charge < -0.3 is 9.47 Å². The lowest BCUT2D eigenvalue weighted by molar-refractivity contribution is -0.118. The van der Waals surface area contributed by atoms with Gasteiger partial charge in [-0.3, -0.25) is 14.6 Å². The van der Waals surface area contributed by atoms with E-state index in [1.807, 2.05) is 42.2 Å². The van der Waals surface area contributed by atoms with Gasteiger partial charge in [-0.15, -0.1) is 0 Å². The van der Waals surface area contributed by atoms with Crippen LogP contribution in [-0.4, -0.2) is 39.7 Å². The van der Waals surface area contributed by atoms with Gasteiger partial charge in [0.1, 0.15) is 6.61 Å². The van der Waals surface area contributed by atoms with Crippen LogP contribution in [-0.2, 0) is 11.4 Å². The fraction of sp³-hybridized carbons (Fsp3) is 0.190. The summed E-state index contributed by atoms with van der Waals surface area (Å²) in [6, 6.07) is 15.1. The third kappa shape index (κ3) is 6.84. The normalized spacial score (nSPS) is 10.8. The van der Waals surface area contributed by atoms with Crippen molar-refractivity contribution in [3.63, 3.8) is 0 Å². The van der Waals surface area contributed by atoms with E-state index in [2.05, 4.69) is 20.7 Å². The molecule has 1 aromatic heterocycles. The molecule has 3 rings (SSSR count). The number of thioether (sulfide) groups is 1. The standard InChI is InChI=1S/C21H21N5O5S/c1-2-30-17-10-15(8-9-16(17)31-12-14-6-4-3-5-7-14)11-22-24-18(27)13-32-20-19(28)23-21(29)26-25-20/h3-11H,2,12-13H2,1H3,(H,24,27)(H2,23,26,28,29)/b22-11+. The van der Waals surface area contributed by atoms with E-state index in [-0.39, 0.29) is 10.8 Å². The number of aromatic nitrogens is 3. The molecule has 32 heavy (non-hydrogen) atoms. The molecule has 166 valence electrons. The highest BCUT2D eigenvalue weighted by molar-refractivity contribution is 7.99. The van der Waals surface area contributed by atoms with Crippen molar-refractivity contribution >= 4 is 23.9 Å². The molecule has 0 fully saturated rings. The van der Waals surface area contributed by atoms with Crippen molar-refractivity contribution < 1.29 is 14.3 Å². The molecule has 10 nitrogen and oxygen atoms in total. The van der Waals surface area contributed by atoms with Crippen LogP contribution in [0.4, 0.5) is 0 Å². The fourth-order valence-corrected chi connectivity index (χ4v) is 3.13. The lowest BCUT2D eigenvalue weighted by Gasteiger charge is -2.12. The van der Waals surface area contributed by atoms with Gasteiger partial charge in [0.25, 0.3) is 5.56 Å². The number of benzene rings is 2. The minimum atomic E-state index is -0.712. The molecule has 1 heterocycles. The summed E-state index contributed by atoms with van der Waals surface area (Å²) in [6.07, 6.45) is 1.47. The van der Waals surface area contributed by atoms with Gasteiger partial charge in [-0.05, 0) is 36.2 Å². The lowest BCUT2D eigenvalue weighted by Crippen LogP contribution is -2.26. The summed E-state index contributed by atoms with van der Waals surface area (Å²) < 4.78 is 11.5. The third-order valence-corrected chi connectivity index (χ3v) is 4.88. The topological polar surface area (TPSA) is 139 Å². The van der Waals surface area contributed by atoms with Crippen LogP contribution in [0.5, 0.6) is 11.5 Å². The van der Waals surface area contributed by atoms with Crippen LogP contribution in [0.3, 0.4) is 0 Å². The van der Waals surface area contributed by atoms with Crippen molar-refractivity contribution in [2.75, 3.05) is 12.4 Å². The van der Waals surface area contributed by atoms with E-state index < -0.39 is 17.2 Å². The molecular weight excluding hydrogens is 434 g/mol. The molecule has 0 aliphatic rings. The zero-order valence-electron chi connectivity index (χ0n) is 17.2. The van der Waals surface area contributed by atoms with Crippen LogP contribution in [0.1, 0.15) is 18.1 Å². The molecule has 0 spiro atoms. The number of carbonyl (C=O) groups is 1.